The second-order valence-electron chi connectivity index (χ2n) is 13.4. The third kappa shape index (κ3) is 4.56. The number of aliphatic hydroxyl groups excluding tert-OH is 3. The van der Waals surface area contributed by atoms with Crippen molar-refractivity contribution in [3.8, 4) is 5.75 Å². The summed E-state index contributed by atoms with van der Waals surface area (Å²) in [5, 5.41) is 36.3. The third-order valence-corrected chi connectivity index (χ3v) is 11.8. The van der Waals surface area contributed by atoms with Crippen LogP contribution < -0.4 is 10.1 Å². The summed E-state index contributed by atoms with van der Waals surface area (Å²) in [5.41, 5.74) is 0.193. The summed E-state index contributed by atoms with van der Waals surface area (Å²) in [4.78, 5) is 12.7. The highest BCUT2D eigenvalue weighted by Crippen LogP contribution is 2.68. The number of hydrogen-bond donors (Lipinski definition) is 4. The Morgan fingerprint density at radius 3 is 2.61 bits per heavy atom. The number of rotatable bonds is 6. The van der Waals surface area contributed by atoms with Gasteiger partial charge in [-0.1, -0.05) is 20.8 Å². The highest BCUT2D eigenvalue weighted by Gasteiger charge is 2.65. The van der Waals surface area contributed by atoms with E-state index in [2.05, 4.69) is 26.1 Å². The summed E-state index contributed by atoms with van der Waals surface area (Å²) in [7, 11) is 1.41. The van der Waals surface area contributed by atoms with Gasteiger partial charge in [-0.05, 0) is 110 Å². The van der Waals surface area contributed by atoms with Gasteiger partial charge in [0.1, 0.15) is 0 Å². The maximum Gasteiger partial charge on any atom is 0.224 e. The van der Waals surface area contributed by atoms with Crippen molar-refractivity contribution in [3.63, 3.8) is 0 Å². The van der Waals surface area contributed by atoms with Crippen molar-refractivity contribution in [2.45, 2.75) is 96.9 Å². The van der Waals surface area contributed by atoms with Gasteiger partial charge < -0.3 is 25.4 Å². The van der Waals surface area contributed by atoms with E-state index >= 15 is 0 Å². The molecule has 0 bridgehead atoms. The van der Waals surface area contributed by atoms with Gasteiger partial charge in [-0.3, -0.25) is 4.79 Å². The number of aliphatic hydroxyl groups is 3. The highest BCUT2D eigenvalue weighted by atomic mass is 19.1. The third-order valence-electron chi connectivity index (χ3n) is 11.8. The number of carbonyl (C=O) groups is 1. The molecule has 0 radical (unpaired) electrons. The van der Waals surface area contributed by atoms with Crippen LogP contribution in [0.5, 0.6) is 5.75 Å². The largest absolute Gasteiger partial charge is 0.494 e. The summed E-state index contributed by atoms with van der Waals surface area (Å²) < 4.78 is 18.9. The quantitative estimate of drug-likeness (QED) is 0.407. The molecule has 212 valence electrons. The van der Waals surface area contributed by atoms with Crippen molar-refractivity contribution in [2.75, 3.05) is 12.4 Å². The molecular formula is C31H46FNO5. The number of methoxy groups -OCH3 is 1. The minimum Gasteiger partial charge on any atom is -0.494 e. The molecule has 7 heteroatoms. The maximum atomic E-state index is 14.0. The van der Waals surface area contributed by atoms with E-state index in [4.69, 9.17) is 4.74 Å². The van der Waals surface area contributed by atoms with Crippen molar-refractivity contribution in [2.24, 2.45) is 46.3 Å². The number of anilines is 1. The van der Waals surface area contributed by atoms with Crippen LogP contribution in [0, 0.1) is 52.2 Å². The number of nitrogens with one attached hydrogen (secondary N) is 1. The molecule has 0 aromatic heterocycles. The fraction of sp³-hybridized carbons (Fsp3) is 0.774. The minimum atomic E-state index is -0.511. The highest BCUT2D eigenvalue weighted by molar-refractivity contribution is 5.90. The normalized spacial score (nSPS) is 42.9. The van der Waals surface area contributed by atoms with E-state index in [-0.39, 0.29) is 64.3 Å². The van der Waals surface area contributed by atoms with E-state index < -0.39 is 11.9 Å². The predicted octanol–water partition coefficient (Wildman–Crippen LogP) is 5.15. The molecule has 4 saturated carbocycles. The van der Waals surface area contributed by atoms with E-state index in [1.165, 1.54) is 19.2 Å². The predicted molar refractivity (Wildman–Crippen MR) is 144 cm³/mol. The van der Waals surface area contributed by atoms with Crippen LogP contribution in [0.25, 0.3) is 0 Å². The Morgan fingerprint density at radius 1 is 1.13 bits per heavy atom. The SMILES string of the molecule is COc1ccc(NC(=O)CC[C@@H](C)[C@H]2CCC3C4C(C[C@H](O)[C@@]32C)[C@@]2(C)CC[C@@H](O)CC2C[C@H]4O)cc1F. The zero-order valence-corrected chi connectivity index (χ0v) is 23.3. The van der Waals surface area contributed by atoms with Gasteiger partial charge in [-0.25, -0.2) is 4.39 Å². The molecule has 0 saturated heterocycles. The van der Waals surface area contributed by atoms with Crippen molar-refractivity contribution < 1.29 is 29.2 Å². The second-order valence-corrected chi connectivity index (χ2v) is 13.4. The second kappa shape index (κ2) is 10.4. The first-order valence-electron chi connectivity index (χ1n) is 14.7. The smallest absolute Gasteiger partial charge is 0.224 e. The van der Waals surface area contributed by atoms with Crippen LogP contribution >= 0.6 is 0 Å². The van der Waals surface area contributed by atoms with Crippen LogP contribution in [-0.4, -0.2) is 46.6 Å². The number of hydrogen-bond acceptors (Lipinski definition) is 5. The van der Waals surface area contributed by atoms with Crippen LogP contribution in [0.2, 0.25) is 0 Å². The Bertz CT molecular complexity index is 1040. The molecule has 0 heterocycles. The Hall–Kier alpha value is -1.70. The molecule has 0 aliphatic heterocycles. The molecule has 4 aliphatic rings. The summed E-state index contributed by atoms with van der Waals surface area (Å²) in [6.45, 7) is 6.78. The Balaban J connectivity index is 1.26. The topological polar surface area (TPSA) is 99.0 Å². The van der Waals surface area contributed by atoms with Gasteiger partial charge in [0.25, 0.3) is 0 Å². The molecule has 1 aromatic rings. The van der Waals surface area contributed by atoms with Crippen molar-refractivity contribution in [3.05, 3.63) is 24.0 Å². The van der Waals surface area contributed by atoms with Crippen molar-refractivity contribution in [1.82, 2.24) is 0 Å². The lowest BCUT2D eigenvalue weighted by atomic mass is 9.43. The Labute approximate surface area is 226 Å². The van der Waals surface area contributed by atoms with Gasteiger partial charge in [0, 0.05) is 18.2 Å². The number of benzene rings is 1. The van der Waals surface area contributed by atoms with Gasteiger partial charge in [0.2, 0.25) is 5.91 Å². The lowest BCUT2D eigenvalue weighted by molar-refractivity contribution is -0.207. The first-order chi connectivity index (χ1) is 18.0. The van der Waals surface area contributed by atoms with Gasteiger partial charge in [-0.15, -0.1) is 0 Å². The molecule has 4 aliphatic carbocycles. The Kier molecular flexibility index (Phi) is 7.60. The van der Waals surface area contributed by atoms with E-state index in [9.17, 15) is 24.5 Å². The van der Waals surface area contributed by atoms with Crippen LogP contribution in [0.15, 0.2) is 18.2 Å². The van der Waals surface area contributed by atoms with Gasteiger partial charge in [0.15, 0.2) is 11.6 Å². The zero-order chi connectivity index (χ0) is 27.4. The number of ether oxygens (including phenoxy) is 1. The number of fused-ring (bicyclic) bond motifs is 5. The lowest BCUT2D eigenvalue weighted by Gasteiger charge is -2.63. The van der Waals surface area contributed by atoms with Gasteiger partial charge >= 0.3 is 0 Å². The van der Waals surface area contributed by atoms with Gasteiger partial charge in [0.05, 0.1) is 25.4 Å². The molecule has 4 fully saturated rings. The van der Waals surface area contributed by atoms with Crippen molar-refractivity contribution in [1.29, 1.82) is 0 Å². The average Bonchev–Trinajstić information content (AvgIpc) is 3.23. The fourth-order valence-electron chi connectivity index (χ4n) is 9.66. The monoisotopic (exact) mass is 531 g/mol. The molecule has 38 heavy (non-hydrogen) atoms. The summed E-state index contributed by atoms with van der Waals surface area (Å²) >= 11 is 0. The molecule has 6 nitrogen and oxygen atoms in total. The molecule has 11 atom stereocenters. The van der Waals surface area contributed by atoms with Crippen molar-refractivity contribution >= 4 is 11.6 Å². The van der Waals surface area contributed by atoms with Crippen LogP contribution in [0.4, 0.5) is 10.1 Å². The van der Waals surface area contributed by atoms with E-state index in [0.29, 0.717) is 30.9 Å². The number of amides is 1. The number of carbonyl (C=O) groups excluding carboxylic acids is 1. The lowest BCUT2D eigenvalue weighted by Crippen LogP contribution is -2.62. The first kappa shape index (κ1) is 27.9. The molecule has 1 amide bonds. The molecule has 0 spiro atoms. The van der Waals surface area contributed by atoms with E-state index in [0.717, 1.165) is 38.5 Å². The summed E-state index contributed by atoms with van der Waals surface area (Å²) in [6, 6.07) is 4.40. The molecule has 5 rings (SSSR count). The minimum absolute atomic E-state index is 0.0636. The molecule has 4 N–H and O–H groups in total. The average molecular weight is 532 g/mol. The molecule has 4 unspecified atom stereocenters. The summed E-state index contributed by atoms with van der Waals surface area (Å²) in [5.74, 6) is 1.04. The van der Waals surface area contributed by atoms with E-state index in [1.807, 2.05) is 0 Å². The van der Waals surface area contributed by atoms with Crippen LogP contribution in [0.1, 0.15) is 78.6 Å². The van der Waals surface area contributed by atoms with E-state index in [1.54, 1.807) is 6.07 Å². The fourth-order valence-corrected chi connectivity index (χ4v) is 9.66. The maximum absolute atomic E-state index is 14.0. The Morgan fingerprint density at radius 2 is 1.89 bits per heavy atom. The van der Waals surface area contributed by atoms with Gasteiger partial charge in [-0.2, -0.15) is 0 Å². The molecule has 1 aromatic carbocycles. The zero-order valence-electron chi connectivity index (χ0n) is 23.3. The summed E-state index contributed by atoms with van der Waals surface area (Å²) in [6.07, 6.45) is 5.95. The number of halogens is 1. The van der Waals surface area contributed by atoms with Crippen LogP contribution in [0.3, 0.4) is 0 Å². The molecular weight excluding hydrogens is 485 g/mol. The standard InChI is InChI=1S/C31H46FNO5/c1-17(5-10-28(37)33-19-6-9-26(38-4)24(32)15-19)21-7-8-22-29-23(16-27(36)31(21,22)3)30(2)12-11-20(34)13-18(30)14-25(29)35/h6,9,15,17-18,20-23,25,27,29,34-36H,5,7-8,10-14,16H2,1-4H3,(H,33,37)/t17-,18?,20-,21-,22?,23?,25-,27+,29?,30+,31-/m1/s1. The first-order valence-corrected chi connectivity index (χ1v) is 14.7. The van der Waals surface area contributed by atoms with Crippen LogP contribution in [-0.2, 0) is 4.79 Å².